The van der Waals surface area contributed by atoms with E-state index in [1.54, 1.807) is 43.6 Å². The maximum atomic E-state index is 12.7. The van der Waals surface area contributed by atoms with Crippen LogP contribution in [-0.4, -0.2) is 31.6 Å². The Kier molecular flexibility index (Phi) is 6.37. The Morgan fingerprint density at radius 2 is 1.81 bits per heavy atom. The van der Waals surface area contributed by atoms with Crippen LogP contribution in [0.4, 0.5) is 5.69 Å². The molecule has 1 N–H and O–H groups in total. The lowest BCUT2D eigenvalue weighted by molar-refractivity contribution is -0.122. The third-order valence-electron chi connectivity index (χ3n) is 4.29. The number of amides is 1. The molecule has 1 aromatic carbocycles. The van der Waals surface area contributed by atoms with Crippen LogP contribution in [0.25, 0.3) is 0 Å². The summed E-state index contributed by atoms with van der Waals surface area (Å²) in [6.45, 7) is 6.00. The largest absolute Gasteiger partial charge is 0.350 e. The highest BCUT2D eigenvalue weighted by Gasteiger charge is 2.31. The molecule has 1 atom stereocenters. The molecule has 0 fully saturated rings. The number of hydrogen-bond donors (Lipinski definition) is 1. The standard InChI is InChI=1S/C19H25N3O3S/c1-5-18(19(23)21-13-16-8-10-20-11-9-16)22(26(4,24)25)17-7-6-14(2)15(3)12-17/h6-12,18H,5,13H2,1-4H3,(H,21,23)/t18-/m0/s1. The van der Waals surface area contributed by atoms with Crippen molar-refractivity contribution in [2.24, 2.45) is 0 Å². The van der Waals surface area contributed by atoms with Crippen LogP contribution in [0.2, 0.25) is 0 Å². The van der Waals surface area contributed by atoms with Crippen LogP contribution in [0.3, 0.4) is 0 Å². The fourth-order valence-corrected chi connectivity index (χ4v) is 3.93. The van der Waals surface area contributed by atoms with E-state index in [1.165, 1.54) is 4.31 Å². The molecule has 0 spiro atoms. The molecule has 0 bridgehead atoms. The van der Waals surface area contributed by atoms with E-state index in [4.69, 9.17) is 0 Å². The molecule has 1 aromatic heterocycles. The lowest BCUT2D eigenvalue weighted by Crippen LogP contribution is -2.49. The monoisotopic (exact) mass is 375 g/mol. The quantitative estimate of drug-likeness (QED) is 0.807. The van der Waals surface area contributed by atoms with Gasteiger partial charge < -0.3 is 5.32 Å². The number of aryl methyl sites for hydroxylation is 2. The van der Waals surface area contributed by atoms with Gasteiger partial charge in [-0.05, 0) is 61.2 Å². The van der Waals surface area contributed by atoms with E-state index in [0.717, 1.165) is 22.9 Å². The highest BCUT2D eigenvalue weighted by atomic mass is 32.2. The van der Waals surface area contributed by atoms with Gasteiger partial charge in [-0.1, -0.05) is 13.0 Å². The summed E-state index contributed by atoms with van der Waals surface area (Å²) in [6.07, 6.45) is 4.79. The Morgan fingerprint density at radius 3 is 2.35 bits per heavy atom. The lowest BCUT2D eigenvalue weighted by atomic mass is 10.1. The second kappa shape index (κ2) is 8.31. The molecule has 0 aliphatic heterocycles. The molecule has 0 radical (unpaired) electrons. The maximum Gasteiger partial charge on any atom is 0.244 e. The van der Waals surface area contributed by atoms with Crippen LogP contribution in [0.15, 0.2) is 42.7 Å². The zero-order chi connectivity index (χ0) is 19.3. The fourth-order valence-electron chi connectivity index (χ4n) is 2.73. The van der Waals surface area contributed by atoms with Crippen LogP contribution in [0.1, 0.15) is 30.0 Å². The van der Waals surface area contributed by atoms with Crippen LogP contribution in [-0.2, 0) is 21.4 Å². The Morgan fingerprint density at radius 1 is 1.15 bits per heavy atom. The molecule has 1 heterocycles. The summed E-state index contributed by atoms with van der Waals surface area (Å²) in [4.78, 5) is 16.7. The topological polar surface area (TPSA) is 79.4 Å². The fraction of sp³-hybridized carbons (Fsp3) is 0.368. The first-order valence-electron chi connectivity index (χ1n) is 8.47. The number of benzene rings is 1. The molecule has 140 valence electrons. The highest BCUT2D eigenvalue weighted by molar-refractivity contribution is 7.92. The van der Waals surface area contributed by atoms with Crippen molar-refractivity contribution in [2.45, 2.75) is 39.8 Å². The average molecular weight is 375 g/mol. The van der Waals surface area contributed by atoms with Gasteiger partial charge in [-0.3, -0.25) is 14.1 Å². The molecule has 6 nitrogen and oxygen atoms in total. The minimum absolute atomic E-state index is 0.322. The number of carbonyl (C=O) groups is 1. The highest BCUT2D eigenvalue weighted by Crippen LogP contribution is 2.25. The third kappa shape index (κ3) is 4.82. The maximum absolute atomic E-state index is 12.7. The predicted molar refractivity (Wildman–Crippen MR) is 103 cm³/mol. The Hall–Kier alpha value is -2.41. The minimum Gasteiger partial charge on any atom is -0.350 e. The summed E-state index contributed by atoms with van der Waals surface area (Å²) in [6, 6.07) is 8.20. The van der Waals surface area contributed by atoms with E-state index < -0.39 is 16.1 Å². The van der Waals surface area contributed by atoms with E-state index >= 15 is 0 Å². The first-order valence-corrected chi connectivity index (χ1v) is 10.3. The number of aromatic nitrogens is 1. The Labute approximate surface area is 155 Å². The molecular formula is C19H25N3O3S. The molecular weight excluding hydrogens is 350 g/mol. The van der Waals surface area contributed by atoms with Gasteiger partial charge in [0.15, 0.2) is 0 Å². The second-order valence-corrected chi connectivity index (χ2v) is 8.18. The zero-order valence-corrected chi connectivity index (χ0v) is 16.4. The summed E-state index contributed by atoms with van der Waals surface area (Å²) in [7, 11) is -3.62. The zero-order valence-electron chi connectivity index (χ0n) is 15.6. The summed E-state index contributed by atoms with van der Waals surface area (Å²) in [5, 5.41) is 2.83. The van der Waals surface area contributed by atoms with Crippen molar-refractivity contribution in [1.82, 2.24) is 10.3 Å². The smallest absolute Gasteiger partial charge is 0.244 e. The molecule has 26 heavy (non-hydrogen) atoms. The lowest BCUT2D eigenvalue weighted by Gasteiger charge is -2.30. The SMILES string of the molecule is CC[C@@H](C(=O)NCc1ccncc1)N(c1ccc(C)c(C)c1)S(C)(=O)=O. The summed E-state index contributed by atoms with van der Waals surface area (Å²) in [5.41, 5.74) is 3.45. The van der Waals surface area contributed by atoms with Gasteiger partial charge in [-0.15, -0.1) is 0 Å². The van der Waals surface area contributed by atoms with Gasteiger partial charge in [0.1, 0.15) is 6.04 Å². The second-order valence-electron chi connectivity index (χ2n) is 6.32. The van der Waals surface area contributed by atoms with E-state index in [0.29, 0.717) is 18.7 Å². The molecule has 0 unspecified atom stereocenters. The third-order valence-corrected chi connectivity index (χ3v) is 5.47. The number of nitrogens with zero attached hydrogens (tertiary/aromatic N) is 2. The van der Waals surface area contributed by atoms with Crippen molar-refractivity contribution in [1.29, 1.82) is 0 Å². The molecule has 0 saturated heterocycles. The van der Waals surface area contributed by atoms with Gasteiger partial charge in [-0.25, -0.2) is 8.42 Å². The van der Waals surface area contributed by atoms with Crippen LogP contribution < -0.4 is 9.62 Å². The first-order chi connectivity index (χ1) is 12.2. The number of sulfonamides is 1. The normalized spacial score (nSPS) is 12.5. The van der Waals surface area contributed by atoms with Crippen LogP contribution in [0, 0.1) is 13.8 Å². The van der Waals surface area contributed by atoms with Gasteiger partial charge in [0.2, 0.25) is 15.9 Å². The first kappa shape index (κ1) is 19.9. The Bertz CT molecular complexity index is 867. The average Bonchev–Trinajstić information content (AvgIpc) is 2.60. The van der Waals surface area contributed by atoms with Crippen molar-refractivity contribution < 1.29 is 13.2 Å². The van der Waals surface area contributed by atoms with Crippen molar-refractivity contribution in [3.63, 3.8) is 0 Å². The number of carbonyl (C=O) groups excluding carboxylic acids is 1. The van der Waals surface area contributed by atoms with Gasteiger partial charge in [0.05, 0.1) is 11.9 Å². The number of pyridine rings is 1. The van der Waals surface area contributed by atoms with E-state index in [2.05, 4.69) is 10.3 Å². The molecule has 2 aromatic rings. The minimum atomic E-state index is -3.62. The number of nitrogens with one attached hydrogen (secondary N) is 1. The van der Waals surface area contributed by atoms with Crippen molar-refractivity contribution in [2.75, 3.05) is 10.6 Å². The number of hydrogen-bond acceptors (Lipinski definition) is 4. The van der Waals surface area contributed by atoms with Crippen molar-refractivity contribution >= 4 is 21.6 Å². The number of anilines is 1. The molecule has 0 aliphatic carbocycles. The summed E-state index contributed by atoms with van der Waals surface area (Å²) >= 11 is 0. The van der Waals surface area contributed by atoms with Crippen LogP contribution >= 0.6 is 0 Å². The van der Waals surface area contributed by atoms with E-state index in [9.17, 15) is 13.2 Å². The van der Waals surface area contributed by atoms with Gasteiger partial charge in [-0.2, -0.15) is 0 Å². The molecule has 0 aliphatic rings. The van der Waals surface area contributed by atoms with Gasteiger partial charge >= 0.3 is 0 Å². The summed E-state index contributed by atoms with van der Waals surface area (Å²) in [5.74, 6) is -0.326. The molecule has 1 amide bonds. The van der Waals surface area contributed by atoms with Crippen LogP contribution in [0.5, 0.6) is 0 Å². The van der Waals surface area contributed by atoms with Crippen molar-refractivity contribution in [3.05, 3.63) is 59.4 Å². The summed E-state index contributed by atoms with van der Waals surface area (Å²) < 4.78 is 26.1. The Balaban J connectivity index is 2.29. The number of rotatable bonds is 7. The predicted octanol–water partition coefficient (Wildman–Crippen LogP) is 2.56. The van der Waals surface area contributed by atoms with Gasteiger partial charge in [0, 0.05) is 18.9 Å². The molecule has 2 rings (SSSR count). The van der Waals surface area contributed by atoms with Crippen molar-refractivity contribution in [3.8, 4) is 0 Å². The van der Waals surface area contributed by atoms with E-state index in [-0.39, 0.29) is 5.91 Å². The van der Waals surface area contributed by atoms with E-state index in [1.807, 2.05) is 19.9 Å². The van der Waals surface area contributed by atoms with Gasteiger partial charge in [0.25, 0.3) is 0 Å². The molecule has 7 heteroatoms. The molecule has 0 saturated carbocycles.